The molecule has 78 valence electrons. The van der Waals surface area contributed by atoms with Crippen molar-refractivity contribution in [3.8, 4) is 0 Å². The first-order chi connectivity index (χ1) is 6.41. The van der Waals surface area contributed by atoms with E-state index in [1.807, 2.05) is 39.8 Å². The van der Waals surface area contributed by atoms with Crippen molar-refractivity contribution in [1.82, 2.24) is 0 Å². The monoisotopic (exact) mass is 210 g/mol. The maximum atomic E-state index is 5.08. The Bertz CT molecular complexity index is 281. The van der Waals surface area contributed by atoms with Gasteiger partial charge in [-0.2, -0.15) is 0 Å². The molecule has 0 aliphatic heterocycles. The van der Waals surface area contributed by atoms with Gasteiger partial charge in [-0.3, -0.25) is 0 Å². The van der Waals surface area contributed by atoms with Crippen LogP contribution in [0.5, 0.6) is 0 Å². The summed E-state index contributed by atoms with van der Waals surface area (Å²) in [7, 11) is 0. The van der Waals surface area contributed by atoms with Crippen LogP contribution in [0, 0.1) is 13.8 Å². The minimum Gasteiger partial charge on any atom is -0.467 e. The molecule has 0 saturated carbocycles. The van der Waals surface area contributed by atoms with Crippen molar-refractivity contribution in [2.24, 2.45) is 0 Å². The van der Waals surface area contributed by atoms with Crippen molar-refractivity contribution in [2.45, 2.75) is 27.7 Å². The van der Waals surface area contributed by atoms with Gasteiger partial charge in [0.2, 0.25) is 0 Å². The number of aryl methyl sites for hydroxylation is 2. The second kappa shape index (κ2) is 6.55. The molecule has 0 aromatic carbocycles. The summed E-state index contributed by atoms with van der Waals surface area (Å²) in [4.78, 5) is 2.21. The summed E-state index contributed by atoms with van der Waals surface area (Å²) >= 11 is 1.62. The molecule has 0 aliphatic carbocycles. The summed E-state index contributed by atoms with van der Waals surface area (Å²) in [6.07, 6.45) is 0. The normalized spacial score (nSPS) is 8.86. The van der Waals surface area contributed by atoms with Crippen LogP contribution in [0.15, 0.2) is 39.5 Å². The fraction of sp³-hybridized carbons (Fsp3) is 0.333. The predicted molar refractivity (Wildman–Crippen MR) is 65.4 cm³/mol. The van der Waals surface area contributed by atoms with Gasteiger partial charge in [0.15, 0.2) is 0 Å². The second-order valence-corrected chi connectivity index (χ2v) is 4.76. The largest absolute Gasteiger partial charge is 0.467 e. The zero-order valence-electron chi connectivity index (χ0n) is 9.39. The third-order valence-electron chi connectivity index (χ3n) is 1.22. The van der Waals surface area contributed by atoms with Crippen molar-refractivity contribution in [3.05, 3.63) is 46.6 Å². The van der Waals surface area contributed by atoms with Gasteiger partial charge in [-0.05, 0) is 49.6 Å². The Kier molecular flexibility index (Phi) is 6.13. The van der Waals surface area contributed by atoms with E-state index in [2.05, 4.69) is 13.2 Å². The Morgan fingerprint density at radius 3 is 1.50 bits per heavy atom. The lowest BCUT2D eigenvalue weighted by molar-refractivity contribution is 0.504. The molecule has 1 nitrogen and oxygen atoms in total. The maximum Gasteiger partial charge on any atom is 0.101 e. The number of hydrogen-bond acceptors (Lipinski definition) is 2. The summed E-state index contributed by atoms with van der Waals surface area (Å²) in [5.41, 5.74) is 0. The van der Waals surface area contributed by atoms with Gasteiger partial charge in [-0.25, -0.2) is 0 Å². The van der Waals surface area contributed by atoms with Gasteiger partial charge in [0.25, 0.3) is 0 Å². The number of hydrogen-bond donors (Lipinski definition) is 0. The highest BCUT2D eigenvalue weighted by molar-refractivity contribution is 8.06. The SMILES string of the molecule is C=C(C)SC(=C)C.Cc1ccc(C)o1. The van der Waals surface area contributed by atoms with Gasteiger partial charge in [-0.15, -0.1) is 11.8 Å². The van der Waals surface area contributed by atoms with Crippen LogP contribution in [-0.2, 0) is 0 Å². The van der Waals surface area contributed by atoms with Gasteiger partial charge in [0.1, 0.15) is 11.5 Å². The number of rotatable bonds is 2. The molecule has 1 aromatic rings. The van der Waals surface area contributed by atoms with Crippen LogP contribution < -0.4 is 0 Å². The van der Waals surface area contributed by atoms with Crippen molar-refractivity contribution >= 4 is 11.8 Å². The highest BCUT2D eigenvalue weighted by Crippen LogP contribution is 2.19. The first-order valence-electron chi connectivity index (χ1n) is 4.43. The number of allylic oxidation sites excluding steroid dienone is 2. The quantitative estimate of drug-likeness (QED) is 0.703. The maximum absolute atomic E-state index is 5.08. The van der Waals surface area contributed by atoms with E-state index in [9.17, 15) is 0 Å². The Morgan fingerprint density at radius 2 is 1.43 bits per heavy atom. The fourth-order valence-corrected chi connectivity index (χ4v) is 1.45. The van der Waals surface area contributed by atoms with Gasteiger partial charge in [-0.1, -0.05) is 13.2 Å². The fourth-order valence-electron chi connectivity index (χ4n) is 0.854. The second-order valence-electron chi connectivity index (χ2n) is 3.16. The van der Waals surface area contributed by atoms with E-state index in [0.29, 0.717) is 0 Å². The molecule has 0 spiro atoms. The molecule has 0 atom stereocenters. The molecule has 0 bridgehead atoms. The Morgan fingerprint density at radius 1 is 1.07 bits per heavy atom. The molecule has 0 N–H and O–H groups in total. The van der Waals surface area contributed by atoms with Crippen LogP contribution in [-0.4, -0.2) is 0 Å². The standard InChI is InChI=1S/C6H8O.C6H10S/c1-5-3-4-6(2)7-5;1-5(2)7-6(3)4/h3-4H,1-2H3;1,3H2,2,4H3. The molecule has 0 aliphatic rings. The molecular formula is C12H18OS. The molecule has 0 fully saturated rings. The summed E-state index contributed by atoms with van der Waals surface area (Å²) in [5.74, 6) is 1.97. The minimum absolute atomic E-state index is 0.984. The molecule has 0 saturated heterocycles. The summed E-state index contributed by atoms with van der Waals surface area (Å²) in [6.45, 7) is 15.2. The van der Waals surface area contributed by atoms with Gasteiger partial charge in [0.05, 0.1) is 0 Å². The van der Waals surface area contributed by atoms with Gasteiger partial charge in [0, 0.05) is 0 Å². The Balaban J connectivity index is 0.000000241. The molecule has 2 heteroatoms. The van der Waals surface area contributed by atoms with Crippen LogP contribution in [0.25, 0.3) is 0 Å². The highest BCUT2D eigenvalue weighted by Gasteiger charge is 1.85. The molecule has 1 heterocycles. The van der Waals surface area contributed by atoms with Crippen molar-refractivity contribution < 1.29 is 4.42 Å². The average molecular weight is 210 g/mol. The Labute approximate surface area is 90.9 Å². The van der Waals surface area contributed by atoms with Gasteiger partial charge < -0.3 is 4.42 Å². The van der Waals surface area contributed by atoms with Crippen LogP contribution in [0.3, 0.4) is 0 Å². The zero-order valence-corrected chi connectivity index (χ0v) is 10.2. The zero-order chi connectivity index (χ0) is 11.1. The summed E-state index contributed by atoms with van der Waals surface area (Å²) in [6, 6.07) is 3.91. The van der Waals surface area contributed by atoms with Crippen LogP contribution in [0.4, 0.5) is 0 Å². The van der Waals surface area contributed by atoms with Crippen LogP contribution in [0.1, 0.15) is 25.4 Å². The molecular weight excluding hydrogens is 192 g/mol. The van der Waals surface area contributed by atoms with E-state index in [4.69, 9.17) is 4.42 Å². The van der Waals surface area contributed by atoms with Crippen molar-refractivity contribution in [1.29, 1.82) is 0 Å². The topological polar surface area (TPSA) is 13.1 Å². The lowest BCUT2D eigenvalue weighted by Gasteiger charge is -1.92. The number of thioether (sulfide) groups is 1. The average Bonchev–Trinajstić information content (AvgIpc) is 2.32. The molecule has 0 amide bonds. The third kappa shape index (κ3) is 7.74. The van der Waals surface area contributed by atoms with Gasteiger partial charge >= 0.3 is 0 Å². The van der Waals surface area contributed by atoms with Crippen molar-refractivity contribution in [3.63, 3.8) is 0 Å². The highest BCUT2D eigenvalue weighted by atomic mass is 32.2. The number of furan rings is 1. The lowest BCUT2D eigenvalue weighted by atomic mass is 10.5. The van der Waals surface area contributed by atoms with Crippen LogP contribution >= 0.6 is 11.8 Å². The molecule has 1 rings (SSSR count). The third-order valence-corrected chi connectivity index (χ3v) is 1.92. The minimum atomic E-state index is 0.984. The summed E-state index contributed by atoms with van der Waals surface area (Å²) < 4.78 is 5.08. The smallest absolute Gasteiger partial charge is 0.101 e. The molecule has 0 radical (unpaired) electrons. The van der Waals surface area contributed by atoms with E-state index < -0.39 is 0 Å². The first-order valence-corrected chi connectivity index (χ1v) is 5.25. The Hall–Kier alpha value is -0.890. The van der Waals surface area contributed by atoms with E-state index in [1.165, 1.54) is 0 Å². The van der Waals surface area contributed by atoms with E-state index in [0.717, 1.165) is 21.3 Å². The first kappa shape index (κ1) is 13.1. The molecule has 0 unspecified atom stereocenters. The molecule has 1 aromatic heterocycles. The lowest BCUT2D eigenvalue weighted by Crippen LogP contribution is -1.59. The van der Waals surface area contributed by atoms with E-state index in [1.54, 1.807) is 11.8 Å². The van der Waals surface area contributed by atoms with Crippen molar-refractivity contribution in [2.75, 3.05) is 0 Å². The summed E-state index contributed by atoms with van der Waals surface area (Å²) in [5, 5.41) is 0. The molecule has 14 heavy (non-hydrogen) atoms. The van der Waals surface area contributed by atoms with E-state index in [-0.39, 0.29) is 0 Å². The van der Waals surface area contributed by atoms with Crippen LogP contribution in [0.2, 0.25) is 0 Å². The predicted octanol–water partition coefficient (Wildman–Crippen LogP) is 4.68. The van der Waals surface area contributed by atoms with E-state index >= 15 is 0 Å².